The number of fused-ring (bicyclic) bond motifs is 1. The van der Waals surface area contributed by atoms with E-state index in [1.54, 1.807) is 13.3 Å². The number of halogens is 1. The lowest BCUT2D eigenvalue weighted by Gasteiger charge is -2.11. The summed E-state index contributed by atoms with van der Waals surface area (Å²) in [6, 6.07) is 14.4. The summed E-state index contributed by atoms with van der Waals surface area (Å²) >= 11 is 0. The molecule has 0 aliphatic carbocycles. The summed E-state index contributed by atoms with van der Waals surface area (Å²) in [7, 11) is 1.77. The standard InChI is InChI=1S/C18H22N4O.HI/c1-19-18(21-14-16-7-4-13-23-16)20-10-5-11-22-12-9-15-6-2-3-8-17(15)22;/h2-4,6-9,12-13H,5,10-11,14H2,1H3,(H2,19,20,21);1H. The third-order valence-electron chi connectivity index (χ3n) is 3.78. The summed E-state index contributed by atoms with van der Waals surface area (Å²) < 4.78 is 7.58. The summed E-state index contributed by atoms with van der Waals surface area (Å²) in [5, 5.41) is 7.85. The Morgan fingerprint density at radius 2 is 2.00 bits per heavy atom. The molecule has 5 nitrogen and oxygen atoms in total. The molecule has 0 amide bonds. The second kappa shape index (κ2) is 9.36. The van der Waals surface area contributed by atoms with Crippen molar-refractivity contribution in [3.63, 3.8) is 0 Å². The smallest absolute Gasteiger partial charge is 0.191 e. The quantitative estimate of drug-likeness (QED) is 0.268. The van der Waals surface area contributed by atoms with Crippen molar-refractivity contribution in [3.8, 4) is 0 Å². The average Bonchev–Trinajstić information content (AvgIpc) is 3.24. The molecule has 3 rings (SSSR count). The molecule has 128 valence electrons. The Morgan fingerprint density at radius 3 is 2.79 bits per heavy atom. The SMILES string of the molecule is CN=C(NCCCn1ccc2ccccc21)NCc1ccco1.I. The maximum Gasteiger partial charge on any atom is 0.191 e. The van der Waals surface area contributed by atoms with E-state index in [-0.39, 0.29) is 24.0 Å². The van der Waals surface area contributed by atoms with Crippen LogP contribution in [0.25, 0.3) is 10.9 Å². The predicted octanol–water partition coefficient (Wildman–Crippen LogP) is 3.61. The highest BCUT2D eigenvalue weighted by Gasteiger charge is 2.01. The number of furan rings is 1. The molecule has 0 unspecified atom stereocenters. The van der Waals surface area contributed by atoms with Gasteiger partial charge >= 0.3 is 0 Å². The largest absolute Gasteiger partial charge is 0.467 e. The van der Waals surface area contributed by atoms with Crippen LogP contribution in [-0.2, 0) is 13.1 Å². The molecule has 0 radical (unpaired) electrons. The molecule has 6 heteroatoms. The number of guanidine groups is 1. The molecule has 2 N–H and O–H groups in total. The molecule has 0 bridgehead atoms. The highest BCUT2D eigenvalue weighted by atomic mass is 127. The van der Waals surface area contributed by atoms with Crippen molar-refractivity contribution in [1.82, 2.24) is 15.2 Å². The van der Waals surface area contributed by atoms with Crippen molar-refractivity contribution in [2.45, 2.75) is 19.5 Å². The third-order valence-corrected chi connectivity index (χ3v) is 3.78. The minimum absolute atomic E-state index is 0. The van der Waals surface area contributed by atoms with Crippen LogP contribution in [0.5, 0.6) is 0 Å². The Hall–Kier alpha value is -1.96. The lowest BCUT2D eigenvalue weighted by molar-refractivity contribution is 0.501. The Labute approximate surface area is 159 Å². The second-order valence-corrected chi connectivity index (χ2v) is 5.35. The molecule has 0 aliphatic heterocycles. The van der Waals surface area contributed by atoms with Gasteiger partial charge < -0.3 is 19.6 Å². The number of nitrogens with zero attached hydrogens (tertiary/aromatic N) is 2. The first kappa shape index (κ1) is 18.4. The number of hydrogen-bond acceptors (Lipinski definition) is 2. The maximum absolute atomic E-state index is 5.30. The van der Waals surface area contributed by atoms with Crippen molar-refractivity contribution in [1.29, 1.82) is 0 Å². The van der Waals surface area contributed by atoms with Crippen molar-refractivity contribution in [3.05, 3.63) is 60.7 Å². The number of benzene rings is 1. The zero-order valence-corrected chi connectivity index (χ0v) is 16.1. The molecule has 24 heavy (non-hydrogen) atoms. The van der Waals surface area contributed by atoms with E-state index in [4.69, 9.17) is 4.42 Å². The zero-order valence-electron chi connectivity index (χ0n) is 13.7. The number of nitrogens with one attached hydrogen (secondary N) is 2. The van der Waals surface area contributed by atoms with Crippen LogP contribution in [0.3, 0.4) is 0 Å². The molecular weight excluding hydrogens is 415 g/mol. The number of hydrogen-bond donors (Lipinski definition) is 2. The molecule has 0 saturated heterocycles. The molecular formula is C18H23IN4O. The summed E-state index contributed by atoms with van der Waals surface area (Å²) in [5.41, 5.74) is 1.29. The summed E-state index contributed by atoms with van der Waals surface area (Å²) in [5.74, 6) is 1.69. The third kappa shape index (κ3) is 4.77. The van der Waals surface area contributed by atoms with Gasteiger partial charge in [-0.25, -0.2) is 0 Å². The van der Waals surface area contributed by atoms with Crippen LogP contribution < -0.4 is 10.6 Å². The summed E-state index contributed by atoms with van der Waals surface area (Å²) in [6.45, 7) is 2.48. The fourth-order valence-corrected chi connectivity index (χ4v) is 2.60. The minimum atomic E-state index is 0. The highest BCUT2D eigenvalue weighted by molar-refractivity contribution is 14.0. The molecule has 0 atom stereocenters. The first-order valence-corrected chi connectivity index (χ1v) is 7.87. The van der Waals surface area contributed by atoms with E-state index in [0.717, 1.165) is 31.2 Å². The van der Waals surface area contributed by atoms with Crippen molar-refractivity contribution >= 4 is 40.8 Å². The first-order valence-electron chi connectivity index (χ1n) is 7.87. The van der Waals surface area contributed by atoms with Gasteiger partial charge in [-0.15, -0.1) is 24.0 Å². The number of rotatable bonds is 6. The van der Waals surface area contributed by atoms with Gasteiger partial charge in [0.1, 0.15) is 5.76 Å². The minimum Gasteiger partial charge on any atom is -0.467 e. The predicted molar refractivity (Wildman–Crippen MR) is 109 cm³/mol. The topological polar surface area (TPSA) is 54.5 Å². The lowest BCUT2D eigenvalue weighted by Crippen LogP contribution is -2.37. The Kier molecular flexibility index (Phi) is 7.17. The molecule has 2 aromatic heterocycles. The zero-order chi connectivity index (χ0) is 15.9. The van der Waals surface area contributed by atoms with Gasteiger partial charge in [-0.1, -0.05) is 18.2 Å². The molecule has 0 saturated carbocycles. The molecule has 3 aromatic rings. The van der Waals surface area contributed by atoms with Crippen molar-refractivity contribution in [2.24, 2.45) is 4.99 Å². The van der Waals surface area contributed by atoms with E-state index in [0.29, 0.717) is 6.54 Å². The van der Waals surface area contributed by atoms with Gasteiger partial charge in [0, 0.05) is 31.9 Å². The van der Waals surface area contributed by atoms with Crippen LogP contribution in [0.1, 0.15) is 12.2 Å². The van der Waals surface area contributed by atoms with E-state index in [2.05, 4.69) is 56.7 Å². The van der Waals surface area contributed by atoms with Gasteiger partial charge in [0.05, 0.1) is 12.8 Å². The molecule has 0 fully saturated rings. The Morgan fingerprint density at radius 1 is 1.12 bits per heavy atom. The van der Waals surface area contributed by atoms with Gasteiger partial charge in [-0.2, -0.15) is 0 Å². The van der Waals surface area contributed by atoms with Crippen molar-refractivity contribution in [2.75, 3.05) is 13.6 Å². The van der Waals surface area contributed by atoms with Gasteiger partial charge in [0.25, 0.3) is 0 Å². The van der Waals surface area contributed by atoms with Gasteiger partial charge in [-0.05, 0) is 36.1 Å². The molecule has 0 aliphatic rings. The molecule has 0 spiro atoms. The van der Waals surface area contributed by atoms with E-state index in [9.17, 15) is 0 Å². The number of aliphatic imine (C=N–C) groups is 1. The van der Waals surface area contributed by atoms with Crippen LogP contribution in [-0.4, -0.2) is 24.1 Å². The lowest BCUT2D eigenvalue weighted by atomic mass is 10.2. The van der Waals surface area contributed by atoms with Gasteiger partial charge in [-0.3, -0.25) is 4.99 Å². The summed E-state index contributed by atoms with van der Waals surface area (Å²) in [4.78, 5) is 4.22. The van der Waals surface area contributed by atoms with Crippen molar-refractivity contribution < 1.29 is 4.42 Å². The van der Waals surface area contributed by atoms with E-state index < -0.39 is 0 Å². The van der Waals surface area contributed by atoms with E-state index >= 15 is 0 Å². The number of aromatic nitrogens is 1. The maximum atomic E-state index is 5.30. The van der Waals surface area contributed by atoms with E-state index in [1.807, 2.05) is 12.1 Å². The van der Waals surface area contributed by atoms with Crippen LogP contribution in [0.15, 0.2) is 64.3 Å². The fraction of sp³-hybridized carbons (Fsp3) is 0.278. The Bertz CT molecular complexity index is 764. The monoisotopic (exact) mass is 438 g/mol. The Balaban J connectivity index is 0.00000208. The second-order valence-electron chi connectivity index (χ2n) is 5.35. The first-order chi connectivity index (χ1) is 11.4. The van der Waals surface area contributed by atoms with Crippen LogP contribution in [0.2, 0.25) is 0 Å². The van der Waals surface area contributed by atoms with Crippen LogP contribution in [0, 0.1) is 0 Å². The fourth-order valence-electron chi connectivity index (χ4n) is 2.60. The van der Waals surface area contributed by atoms with Gasteiger partial charge in [0.2, 0.25) is 0 Å². The highest BCUT2D eigenvalue weighted by Crippen LogP contribution is 2.15. The number of aryl methyl sites for hydroxylation is 1. The number of para-hydroxylation sites is 1. The van der Waals surface area contributed by atoms with Crippen LogP contribution >= 0.6 is 24.0 Å². The van der Waals surface area contributed by atoms with Crippen LogP contribution in [0.4, 0.5) is 0 Å². The van der Waals surface area contributed by atoms with E-state index in [1.165, 1.54) is 10.9 Å². The normalized spacial score (nSPS) is 11.3. The summed E-state index contributed by atoms with van der Waals surface area (Å²) in [6.07, 6.45) is 4.85. The average molecular weight is 438 g/mol. The van der Waals surface area contributed by atoms with Gasteiger partial charge in [0.15, 0.2) is 5.96 Å². The molecule has 2 heterocycles. The molecule has 1 aromatic carbocycles.